The molecule has 0 radical (unpaired) electrons. The highest BCUT2D eigenvalue weighted by atomic mass is 16.5. The van der Waals surface area contributed by atoms with Crippen molar-refractivity contribution < 1.29 is 9.47 Å². The second-order valence-corrected chi connectivity index (χ2v) is 6.06. The molecule has 1 aromatic heterocycles. The molecule has 4 rings (SSSR count). The SMILES string of the molecule is CCCc1cc2c(cc1OC)OC1=CC=CC=C(C1)c1cn[nH]c1-2. The number of aryl methyl sites for hydroxylation is 1. The van der Waals surface area contributed by atoms with E-state index in [-0.39, 0.29) is 0 Å². The van der Waals surface area contributed by atoms with Gasteiger partial charge in [0.05, 0.1) is 19.0 Å². The normalized spacial score (nSPS) is 15.1. The van der Waals surface area contributed by atoms with Gasteiger partial charge < -0.3 is 9.47 Å². The Labute approximate surface area is 141 Å². The van der Waals surface area contributed by atoms with Crippen LogP contribution in [0.2, 0.25) is 0 Å². The number of methoxy groups -OCH3 is 1. The maximum atomic E-state index is 6.23. The fourth-order valence-corrected chi connectivity index (χ4v) is 3.31. The summed E-state index contributed by atoms with van der Waals surface area (Å²) in [6.45, 7) is 2.17. The summed E-state index contributed by atoms with van der Waals surface area (Å²) in [5, 5.41) is 7.44. The predicted molar refractivity (Wildman–Crippen MR) is 95.0 cm³/mol. The Hall–Kier alpha value is -2.75. The van der Waals surface area contributed by atoms with Crippen LogP contribution in [0.4, 0.5) is 0 Å². The number of rotatable bonds is 3. The molecule has 122 valence electrons. The molecule has 2 aliphatic rings. The molecule has 2 bridgehead atoms. The molecule has 2 heterocycles. The highest BCUT2D eigenvalue weighted by Crippen LogP contribution is 2.43. The molecule has 1 aliphatic carbocycles. The number of hydrogen-bond acceptors (Lipinski definition) is 3. The number of H-pyrrole nitrogens is 1. The molecule has 1 aliphatic heterocycles. The monoisotopic (exact) mass is 320 g/mol. The van der Waals surface area contributed by atoms with Crippen LogP contribution in [-0.2, 0) is 6.42 Å². The van der Waals surface area contributed by atoms with Crippen LogP contribution in [0.25, 0.3) is 16.8 Å². The van der Waals surface area contributed by atoms with Crippen molar-refractivity contribution in [2.24, 2.45) is 0 Å². The zero-order valence-electron chi connectivity index (χ0n) is 13.9. The van der Waals surface area contributed by atoms with Crippen LogP contribution in [0.3, 0.4) is 0 Å². The molecule has 1 aromatic carbocycles. The van der Waals surface area contributed by atoms with E-state index in [2.05, 4.69) is 29.3 Å². The van der Waals surface area contributed by atoms with Gasteiger partial charge in [0.1, 0.15) is 17.3 Å². The zero-order valence-corrected chi connectivity index (χ0v) is 13.9. The van der Waals surface area contributed by atoms with Crippen molar-refractivity contribution in [2.45, 2.75) is 26.2 Å². The Morgan fingerprint density at radius 3 is 2.92 bits per heavy atom. The van der Waals surface area contributed by atoms with Gasteiger partial charge in [-0.2, -0.15) is 5.10 Å². The summed E-state index contributed by atoms with van der Waals surface area (Å²) in [4.78, 5) is 0. The van der Waals surface area contributed by atoms with Crippen LogP contribution >= 0.6 is 0 Å². The fraction of sp³-hybridized carbons (Fsp3) is 0.250. The molecule has 0 saturated carbocycles. The molecule has 0 spiro atoms. The molecule has 0 fully saturated rings. The molecule has 0 saturated heterocycles. The Kier molecular flexibility index (Phi) is 3.73. The summed E-state index contributed by atoms with van der Waals surface area (Å²) in [5.74, 6) is 2.60. The molecular formula is C20H20N2O2. The standard InChI is InChI=1S/C20H20N2O2/c1-3-6-14-10-16-19(11-18(14)23-2)24-15-8-5-4-7-13(9-15)17-12-21-22-20(16)17/h4-5,7-8,10-12H,3,6,9H2,1-2H3,(H,21,22). The first-order valence-corrected chi connectivity index (χ1v) is 8.29. The first kappa shape index (κ1) is 14.8. The van der Waals surface area contributed by atoms with E-state index in [4.69, 9.17) is 9.47 Å². The smallest absolute Gasteiger partial charge is 0.140 e. The Bertz CT molecular complexity index is 872. The number of benzene rings is 1. The average Bonchev–Trinajstić information content (AvgIpc) is 2.94. The second-order valence-electron chi connectivity index (χ2n) is 6.06. The van der Waals surface area contributed by atoms with E-state index in [1.165, 1.54) is 11.1 Å². The number of nitrogens with zero attached hydrogens (tertiary/aromatic N) is 1. The molecule has 0 unspecified atom stereocenters. The lowest BCUT2D eigenvalue weighted by molar-refractivity contribution is 0.393. The summed E-state index contributed by atoms with van der Waals surface area (Å²) >= 11 is 0. The van der Waals surface area contributed by atoms with Gasteiger partial charge in [-0.25, -0.2) is 0 Å². The Balaban J connectivity index is 1.97. The summed E-state index contributed by atoms with van der Waals surface area (Å²) in [7, 11) is 1.71. The highest BCUT2D eigenvalue weighted by molar-refractivity contribution is 5.84. The van der Waals surface area contributed by atoms with E-state index in [0.29, 0.717) is 0 Å². The van der Waals surface area contributed by atoms with Crippen molar-refractivity contribution in [1.82, 2.24) is 10.2 Å². The quantitative estimate of drug-likeness (QED) is 0.895. The van der Waals surface area contributed by atoms with Crippen LogP contribution < -0.4 is 9.47 Å². The van der Waals surface area contributed by atoms with E-state index in [1.54, 1.807) is 7.11 Å². The first-order valence-electron chi connectivity index (χ1n) is 8.29. The number of nitrogens with one attached hydrogen (secondary N) is 1. The van der Waals surface area contributed by atoms with E-state index in [0.717, 1.165) is 53.3 Å². The van der Waals surface area contributed by atoms with Crippen molar-refractivity contribution in [1.29, 1.82) is 0 Å². The molecular weight excluding hydrogens is 300 g/mol. The largest absolute Gasteiger partial charge is 0.496 e. The molecule has 2 aromatic rings. The van der Waals surface area contributed by atoms with Gasteiger partial charge >= 0.3 is 0 Å². The lowest BCUT2D eigenvalue weighted by atomic mass is 9.94. The lowest BCUT2D eigenvalue weighted by Crippen LogP contribution is -2.04. The van der Waals surface area contributed by atoms with Crippen LogP contribution in [0.1, 0.15) is 30.9 Å². The molecule has 1 N–H and O–H groups in total. The third-order valence-corrected chi connectivity index (χ3v) is 4.45. The topological polar surface area (TPSA) is 47.1 Å². The van der Waals surface area contributed by atoms with Crippen molar-refractivity contribution in [3.8, 4) is 22.8 Å². The maximum absolute atomic E-state index is 6.23. The van der Waals surface area contributed by atoms with E-state index in [9.17, 15) is 0 Å². The Morgan fingerprint density at radius 2 is 2.08 bits per heavy atom. The lowest BCUT2D eigenvalue weighted by Gasteiger charge is -2.21. The number of fused-ring (bicyclic) bond motifs is 6. The van der Waals surface area contributed by atoms with Gasteiger partial charge in [-0.05, 0) is 29.7 Å². The molecule has 4 heteroatoms. The van der Waals surface area contributed by atoms with Crippen molar-refractivity contribution in [2.75, 3.05) is 7.11 Å². The van der Waals surface area contributed by atoms with Gasteiger partial charge in [-0.1, -0.05) is 31.6 Å². The Morgan fingerprint density at radius 1 is 1.21 bits per heavy atom. The van der Waals surface area contributed by atoms with Gasteiger partial charge in [-0.3, -0.25) is 5.10 Å². The minimum Gasteiger partial charge on any atom is -0.496 e. The minimum absolute atomic E-state index is 0.748. The molecule has 24 heavy (non-hydrogen) atoms. The van der Waals surface area contributed by atoms with Crippen molar-refractivity contribution >= 4 is 5.57 Å². The van der Waals surface area contributed by atoms with Gasteiger partial charge in [0.2, 0.25) is 0 Å². The maximum Gasteiger partial charge on any atom is 0.140 e. The van der Waals surface area contributed by atoms with Crippen LogP contribution in [0.5, 0.6) is 11.5 Å². The van der Waals surface area contributed by atoms with Crippen LogP contribution in [0.15, 0.2) is 48.4 Å². The molecule has 4 nitrogen and oxygen atoms in total. The summed E-state index contributed by atoms with van der Waals surface area (Å²) in [6, 6.07) is 4.16. The number of aromatic amines is 1. The molecule has 0 atom stereocenters. The minimum atomic E-state index is 0.748. The third-order valence-electron chi connectivity index (χ3n) is 4.45. The van der Waals surface area contributed by atoms with Crippen LogP contribution in [0, 0.1) is 0 Å². The zero-order chi connectivity index (χ0) is 16.5. The number of allylic oxidation sites excluding steroid dienone is 5. The molecule has 0 amide bonds. The van der Waals surface area contributed by atoms with E-state index >= 15 is 0 Å². The van der Waals surface area contributed by atoms with Gasteiger partial charge in [-0.15, -0.1) is 0 Å². The number of hydrogen-bond donors (Lipinski definition) is 1. The van der Waals surface area contributed by atoms with E-state index < -0.39 is 0 Å². The predicted octanol–water partition coefficient (Wildman–Crippen LogP) is 4.66. The van der Waals surface area contributed by atoms with Crippen molar-refractivity contribution in [3.05, 3.63) is 59.5 Å². The van der Waals surface area contributed by atoms with Gasteiger partial charge in [0, 0.05) is 23.6 Å². The summed E-state index contributed by atoms with van der Waals surface area (Å²) in [6.07, 6.45) is 12.9. The average molecular weight is 320 g/mol. The van der Waals surface area contributed by atoms with Crippen LogP contribution in [-0.4, -0.2) is 17.3 Å². The third kappa shape index (κ3) is 2.44. The fourth-order valence-electron chi connectivity index (χ4n) is 3.31. The summed E-state index contributed by atoms with van der Waals surface area (Å²) in [5.41, 5.74) is 5.56. The highest BCUT2D eigenvalue weighted by Gasteiger charge is 2.23. The summed E-state index contributed by atoms with van der Waals surface area (Å²) < 4.78 is 11.8. The second kappa shape index (κ2) is 6.04. The number of aromatic nitrogens is 2. The number of ether oxygens (including phenoxy) is 2. The van der Waals surface area contributed by atoms with Crippen molar-refractivity contribution in [3.63, 3.8) is 0 Å². The van der Waals surface area contributed by atoms with Gasteiger partial charge in [0.15, 0.2) is 0 Å². The first-order chi connectivity index (χ1) is 11.8. The van der Waals surface area contributed by atoms with E-state index in [1.807, 2.05) is 30.5 Å². The van der Waals surface area contributed by atoms with Gasteiger partial charge in [0.25, 0.3) is 0 Å².